The van der Waals surface area contributed by atoms with Crippen molar-refractivity contribution in [2.45, 2.75) is 24.5 Å². The van der Waals surface area contributed by atoms with Gasteiger partial charge in [-0.25, -0.2) is 0 Å². The van der Waals surface area contributed by atoms with E-state index in [-0.39, 0.29) is 4.75 Å². The van der Waals surface area contributed by atoms with Crippen molar-refractivity contribution in [3.8, 4) is 5.75 Å². The van der Waals surface area contributed by atoms with Gasteiger partial charge in [-0.15, -0.1) is 0 Å². The first-order valence-corrected chi connectivity index (χ1v) is 10.5. The zero-order chi connectivity index (χ0) is 18.8. The van der Waals surface area contributed by atoms with Crippen molar-refractivity contribution in [3.63, 3.8) is 0 Å². The van der Waals surface area contributed by atoms with Gasteiger partial charge in [-0.3, -0.25) is 4.99 Å². The lowest BCUT2D eigenvalue weighted by atomic mass is 9.99. The zero-order valence-corrected chi connectivity index (χ0v) is 17.5. The number of ether oxygens (including phenoxy) is 2. The minimum absolute atomic E-state index is 0.237. The van der Waals surface area contributed by atoms with Gasteiger partial charge in [0.1, 0.15) is 12.4 Å². The van der Waals surface area contributed by atoms with Gasteiger partial charge in [-0.05, 0) is 36.8 Å². The van der Waals surface area contributed by atoms with Gasteiger partial charge in [0, 0.05) is 43.6 Å². The Morgan fingerprint density at radius 1 is 1.42 bits per heavy atom. The highest BCUT2D eigenvalue weighted by Crippen LogP contribution is 2.34. The van der Waals surface area contributed by atoms with E-state index in [2.05, 4.69) is 22.1 Å². The molecular formula is C19H30ClN3O2S. The second-order valence-corrected chi connectivity index (χ2v) is 8.53. The fourth-order valence-corrected chi connectivity index (χ4v) is 4.43. The van der Waals surface area contributed by atoms with Crippen molar-refractivity contribution < 1.29 is 9.47 Å². The van der Waals surface area contributed by atoms with Crippen LogP contribution in [-0.2, 0) is 4.74 Å². The smallest absolute Gasteiger partial charge is 0.193 e. The average molecular weight is 400 g/mol. The third-order valence-electron chi connectivity index (χ3n) is 4.49. The lowest BCUT2D eigenvalue weighted by molar-refractivity contribution is 0.0780. The van der Waals surface area contributed by atoms with E-state index in [1.54, 1.807) is 0 Å². The normalized spacial score (nSPS) is 17.0. The first kappa shape index (κ1) is 21.2. The molecule has 0 aromatic heterocycles. The number of aliphatic imine (C=N–C) groups is 1. The molecule has 1 heterocycles. The van der Waals surface area contributed by atoms with E-state index in [0.29, 0.717) is 11.6 Å². The van der Waals surface area contributed by atoms with Crippen molar-refractivity contribution in [2.24, 2.45) is 4.99 Å². The van der Waals surface area contributed by atoms with Crippen LogP contribution in [0.5, 0.6) is 5.75 Å². The molecule has 1 aromatic rings. The minimum Gasteiger partial charge on any atom is -0.492 e. The van der Waals surface area contributed by atoms with E-state index in [9.17, 15) is 0 Å². The van der Waals surface area contributed by atoms with E-state index in [1.165, 1.54) is 0 Å². The van der Waals surface area contributed by atoms with E-state index < -0.39 is 0 Å². The first-order valence-electron chi connectivity index (χ1n) is 9.10. The average Bonchev–Trinajstić information content (AvgIpc) is 2.63. The maximum Gasteiger partial charge on any atom is 0.193 e. The predicted octanol–water partition coefficient (Wildman–Crippen LogP) is 3.53. The highest BCUT2D eigenvalue weighted by molar-refractivity contribution is 8.00. The van der Waals surface area contributed by atoms with Crippen LogP contribution in [0.3, 0.4) is 0 Å². The van der Waals surface area contributed by atoms with Crippen LogP contribution in [0.2, 0.25) is 5.02 Å². The zero-order valence-electron chi connectivity index (χ0n) is 16.0. The number of hydrogen-bond donors (Lipinski definition) is 1. The molecule has 1 aromatic carbocycles. The quantitative estimate of drug-likeness (QED) is 0.535. The lowest BCUT2D eigenvalue weighted by Crippen LogP contribution is -2.49. The topological polar surface area (TPSA) is 46.1 Å². The highest BCUT2D eigenvalue weighted by Gasteiger charge is 2.32. The van der Waals surface area contributed by atoms with Crippen molar-refractivity contribution in [1.29, 1.82) is 0 Å². The summed E-state index contributed by atoms with van der Waals surface area (Å²) in [4.78, 5) is 6.51. The molecule has 0 amide bonds. The van der Waals surface area contributed by atoms with Gasteiger partial charge >= 0.3 is 0 Å². The Kier molecular flexibility index (Phi) is 8.88. The fraction of sp³-hybridized carbons (Fsp3) is 0.632. The summed E-state index contributed by atoms with van der Waals surface area (Å²) in [6, 6.07) is 7.47. The molecule has 0 bridgehead atoms. The Labute approximate surface area is 166 Å². The number of guanidine groups is 1. The van der Waals surface area contributed by atoms with Gasteiger partial charge < -0.3 is 19.7 Å². The summed E-state index contributed by atoms with van der Waals surface area (Å²) in [5.74, 6) is 2.79. The van der Waals surface area contributed by atoms with Gasteiger partial charge in [-0.1, -0.05) is 24.6 Å². The Hall–Kier alpha value is -1.11. The van der Waals surface area contributed by atoms with Gasteiger partial charge in [0.05, 0.1) is 6.54 Å². The van der Waals surface area contributed by atoms with Gasteiger partial charge in [-0.2, -0.15) is 11.8 Å². The number of likely N-dealkylation sites (N-methyl/N-ethyl adjacent to an activating group) is 1. The van der Waals surface area contributed by atoms with Crippen molar-refractivity contribution >= 4 is 29.3 Å². The number of halogens is 1. The molecule has 0 spiro atoms. The van der Waals surface area contributed by atoms with E-state index in [1.807, 2.05) is 50.1 Å². The number of nitrogens with one attached hydrogen (secondary N) is 1. The molecule has 0 radical (unpaired) electrons. The van der Waals surface area contributed by atoms with Gasteiger partial charge in [0.2, 0.25) is 0 Å². The molecule has 0 atom stereocenters. The van der Waals surface area contributed by atoms with Crippen LogP contribution in [0.1, 0.15) is 19.8 Å². The van der Waals surface area contributed by atoms with Crippen LogP contribution in [0, 0.1) is 0 Å². The van der Waals surface area contributed by atoms with Crippen LogP contribution in [0.15, 0.2) is 29.3 Å². The summed E-state index contributed by atoms with van der Waals surface area (Å²) < 4.78 is 11.6. The molecule has 5 nitrogen and oxygen atoms in total. The molecule has 0 unspecified atom stereocenters. The van der Waals surface area contributed by atoms with E-state index in [0.717, 1.165) is 56.6 Å². The Balaban J connectivity index is 1.81. The first-order chi connectivity index (χ1) is 12.6. The number of thioether (sulfide) groups is 1. The summed E-state index contributed by atoms with van der Waals surface area (Å²) in [5, 5.41) is 4.23. The Morgan fingerprint density at radius 3 is 2.85 bits per heavy atom. The van der Waals surface area contributed by atoms with Gasteiger partial charge in [0.15, 0.2) is 5.96 Å². The Bertz CT molecular complexity index is 574. The number of nitrogens with zero attached hydrogens (tertiary/aromatic N) is 2. The largest absolute Gasteiger partial charge is 0.492 e. The fourth-order valence-electron chi connectivity index (χ4n) is 3.01. The molecule has 1 N–H and O–H groups in total. The van der Waals surface area contributed by atoms with Crippen molar-refractivity contribution in [1.82, 2.24) is 10.2 Å². The number of hydrogen-bond acceptors (Lipinski definition) is 4. The van der Waals surface area contributed by atoms with E-state index >= 15 is 0 Å². The van der Waals surface area contributed by atoms with Crippen LogP contribution in [-0.4, -0.2) is 68.4 Å². The number of rotatable bonds is 8. The summed E-state index contributed by atoms with van der Waals surface area (Å²) >= 11 is 8.01. The van der Waals surface area contributed by atoms with Crippen LogP contribution >= 0.6 is 23.4 Å². The van der Waals surface area contributed by atoms with Crippen LogP contribution < -0.4 is 10.1 Å². The molecule has 1 saturated heterocycles. The lowest BCUT2D eigenvalue weighted by Gasteiger charge is -2.37. The third-order valence-corrected chi connectivity index (χ3v) is 6.18. The molecule has 0 aliphatic carbocycles. The SMILES string of the molecule is CCSC1(CNC(=NC)N(C)CCOc2cccc(Cl)c2)CCOCC1. The van der Waals surface area contributed by atoms with E-state index in [4.69, 9.17) is 21.1 Å². The maximum absolute atomic E-state index is 5.98. The van der Waals surface area contributed by atoms with Gasteiger partial charge in [0.25, 0.3) is 0 Å². The molecule has 7 heteroatoms. The molecular weight excluding hydrogens is 370 g/mol. The summed E-state index contributed by atoms with van der Waals surface area (Å²) in [7, 11) is 3.85. The molecule has 2 rings (SSSR count). The molecule has 1 aliphatic rings. The minimum atomic E-state index is 0.237. The monoisotopic (exact) mass is 399 g/mol. The third kappa shape index (κ3) is 6.56. The van der Waals surface area contributed by atoms with Crippen molar-refractivity contribution in [2.75, 3.05) is 52.8 Å². The standard InChI is InChI=1S/C19H30ClN3O2S/c1-4-26-19(8-11-24-12-9-19)15-22-18(21-2)23(3)10-13-25-17-7-5-6-16(20)14-17/h5-7,14H,4,8-13,15H2,1-3H3,(H,21,22). The van der Waals surface area contributed by atoms with Crippen molar-refractivity contribution in [3.05, 3.63) is 29.3 Å². The highest BCUT2D eigenvalue weighted by atomic mass is 35.5. The molecule has 146 valence electrons. The predicted molar refractivity (Wildman–Crippen MR) is 112 cm³/mol. The molecule has 0 saturated carbocycles. The molecule has 1 aliphatic heterocycles. The summed E-state index contributed by atoms with van der Waals surface area (Å²) in [5.41, 5.74) is 0. The Morgan fingerprint density at radius 2 is 2.19 bits per heavy atom. The molecule has 1 fully saturated rings. The maximum atomic E-state index is 5.98. The second-order valence-electron chi connectivity index (χ2n) is 6.36. The molecule has 26 heavy (non-hydrogen) atoms. The summed E-state index contributed by atoms with van der Waals surface area (Å²) in [6.45, 7) is 6.12. The van der Waals surface area contributed by atoms with Crippen LogP contribution in [0.25, 0.3) is 0 Å². The second kappa shape index (κ2) is 10.9. The summed E-state index contributed by atoms with van der Waals surface area (Å²) in [6.07, 6.45) is 2.16. The van der Waals surface area contributed by atoms with Crippen LogP contribution in [0.4, 0.5) is 0 Å². The number of benzene rings is 1.